The molecule has 2 saturated heterocycles. The maximum absolute atomic E-state index is 5.16. The average Bonchev–Trinajstić information content (AvgIpc) is 3.05. The molecule has 4 aliphatic rings. The van der Waals surface area contributed by atoms with Crippen LogP contribution in [0.15, 0.2) is 0 Å². The maximum Gasteiger partial charge on any atom is 0.126 e. The zero-order valence-electron chi connectivity index (χ0n) is 10.2. The molecule has 6 atom stereocenters. The van der Waals surface area contributed by atoms with Gasteiger partial charge in [-0.25, -0.2) is 0 Å². The van der Waals surface area contributed by atoms with Gasteiger partial charge >= 0.3 is 0 Å². The van der Waals surface area contributed by atoms with Gasteiger partial charge in [-0.15, -0.1) is 0 Å². The highest BCUT2D eigenvalue weighted by atomic mass is 17.5. The fourth-order valence-electron chi connectivity index (χ4n) is 3.79. The molecule has 6 nitrogen and oxygen atoms in total. The van der Waals surface area contributed by atoms with Crippen LogP contribution >= 0.6 is 0 Å². The van der Waals surface area contributed by atoms with Gasteiger partial charge in [-0.05, 0) is 50.4 Å². The SMILES string of the molecule is C1CC2OOOC2CC1C1CCC2OOOC2C1. The van der Waals surface area contributed by atoms with Gasteiger partial charge in [-0.2, -0.15) is 19.6 Å². The molecule has 6 heteroatoms. The number of fused-ring (bicyclic) bond motifs is 2. The monoisotopic (exact) mass is 258 g/mol. The standard InChI is InChI=1S/C12H18O6/c1-3-9-11(15-17-13-9)5-7(1)8-2-4-10-12(6-8)16-18-14-10/h7-12H,1-6H2. The van der Waals surface area contributed by atoms with Crippen molar-refractivity contribution in [1.82, 2.24) is 0 Å². The second-order valence-electron chi connectivity index (χ2n) is 5.82. The Hall–Kier alpha value is -0.240. The lowest BCUT2D eigenvalue weighted by Gasteiger charge is -2.37. The number of hydrogen-bond donors (Lipinski definition) is 0. The zero-order chi connectivity index (χ0) is 11.9. The third kappa shape index (κ3) is 1.97. The molecule has 0 aromatic heterocycles. The summed E-state index contributed by atoms with van der Waals surface area (Å²) in [5, 5.41) is 9.26. The van der Waals surface area contributed by atoms with Crippen LogP contribution in [0.3, 0.4) is 0 Å². The average molecular weight is 258 g/mol. The Labute approximate surface area is 105 Å². The first-order chi connectivity index (χ1) is 8.90. The van der Waals surface area contributed by atoms with E-state index in [0.29, 0.717) is 11.8 Å². The van der Waals surface area contributed by atoms with E-state index in [-0.39, 0.29) is 24.4 Å². The second kappa shape index (κ2) is 4.70. The molecule has 2 aliphatic heterocycles. The fraction of sp³-hybridized carbons (Fsp3) is 1.00. The number of rotatable bonds is 1. The van der Waals surface area contributed by atoms with E-state index in [4.69, 9.17) is 19.6 Å². The molecule has 2 saturated carbocycles. The van der Waals surface area contributed by atoms with Gasteiger partial charge in [-0.1, -0.05) is 10.1 Å². The van der Waals surface area contributed by atoms with Gasteiger partial charge in [0.05, 0.1) is 0 Å². The summed E-state index contributed by atoms with van der Waals surface area (Å²) in [5.41, 5.74) is 0. The molecule has 2 aliphatic carbocycles. The van der Waals surface area contributed by atoms with Gasteiger partial charge in [0, 0.05) is 0 Å². The second-order valence-corrected chi connectivity index (χ2v) is 5.82. The van der Waals surface area contributed by atoms with E-state index in [0.717, 1.165) is 25.7 Å². The molecule has 6 unspecified atom stereocenters. The van der Waals surface area contributed by atoms with Crippen molar-refractivity contribution in [3.05, 3.63) is 0 Å². The van der Waals surface area contributed by atoms with E-state index in [2.05, 4.69) is 10.1 Å². The van der Waals surface area contributed by atoms with Crippen LogP contribution in [0.4, 0.5) is 0 Å². The first kappa shape index (κ1) is 11.6. The molecule has 18 heavy (non-hydrogen) atoms. The summed E-state index contributed by atoms with van der Waals surface area (Å²) in [6.45, 7) is 0. The van der Waals surface area contributed by atoms with Crippen molar-refractivity contribution in [3.63, 3.8) is 0 Å². The van der Waals surface area contributed by atoms with E-state index in [1.807, 2.05) is 0 Å². The Bertz CT molecular complexity index is 281. The van der Waals surface area contributed by atoms with Crippen LogP contribution in [0.1, 0.15) is 38.5 Å². The van der Waals surface area contributed by atoms with Crippen LogP contribution < -0.4 is 0 Å². The van der Waals surface area contributed by atoms with Gasteiger partial charge < -0.3 is 0 Å². The lowest BCUT2D eigenvalue weighted by Crippen LogP contribution is -2.39. The summed E-state index contributed by atoms with van der Waals surface area (Å²) < 4.78 is 0. The van der Waals surface area contributed by atoms with Crippen molar-refractivity contribution in [1.29, 1.82) is 0 Å². The van der Waals surface area contributed by atoms with Crippen molar-refractivity contribution >= 4 is 0 Å². The van der Waals surface area contributed by atoms with E-state index < -0.39 is 0 Å². The van der Waals surface area contributed by atoms with Crippen LogP contribution in [0.2, 0.25) is 0 Å². The van der Waals surface area contributed by atoms with Gasteiger partial charge in [0.15, 0.2) is 0 Å². The van der Waals surface area contributed by atoms with E-state index >= 15 is 0 Å². The van der Waals surface area contributed by atoms with E-state index in [1.165, 1.54) is 12.8 Å². The lowest BCUT2D eigenvalue weighted by molar-refractivity contribution is -0.466. The van der Waals surface area contributed by atoms with Crippen LogP contribution in [0.25, 0.3) is 0 Å². The van der Waals surface area contributed by atoms with Gasteiger partial charge in [0.2, 0.25) is 0 Å². The molecule has 4 fully saturated rings. The molecule has 102 valence electrons. The van der Waals surface area contributed by atoms with Crippen molar-refractivity contribution < 1.29 is 29.6 Å². The normalized spacial score (nSPS) is 52.0. The highest BCUT2D eigenvalue weighted by Gasteiger charge is 2.45. The first-order valence-electron chi connectivity index (χ1n) is 6.88. The summed E-state index contributed by atoms with van der Waals surface area (Å²) in [7, 11) is 0. The molecule has 0 aromatic carbocycles. The highest BCUT2D eigenvalue weighted by molar-refractivity contribution is 4.90. The third-order valence-corrected chi connectivity index (χ3v) is 4.86. The molecule has 0 aromatic rings. The topological polar surface area (TPSA) is 55.4 Å². The quantitative estimate of drug-likeness (QED) is 0.669. The summed E-state index contributed by atoms with van der Waals surface area (Å²) in [4.78, 5) is 20.5. The molecule has 4 rings (SSSR count). The predicted octanol–water partition coefficient (Wildman–Crippen LogP) is 1.85. The lowest BCUT2D eigenvalue weighted by atomic mass is 9.71. The van der Waals surface area contributed by atoms with Crippen LogP contribution in [0.5, 0.6) is 0 Å². The Morgan fingerprint density at radius 1 is 0.500 bits per heavy atom. The Morgan fingerprint density at radius 2 is 0.944 bits per heavy atom. The van der Waals surface area contributed by atoms with Crippen molar-refractivity contribution in [2.75, 3.05) is 0 Å². The van der Waals surface area contributed by atoms with Crippen molar-refractivity contribution in [2.24, 2.45) is 11.8 Å². The first-order valence-corrected chi connectivity index (χ1v) is 6.88. The van der Waals surface area contributed by atoms with Crippen molar-refractivity contribution in [3.8, 4) is 0 Å². The molecule has 0 radical (unpaired) electrons. The summed E-state index contributed by atoms with van der Waals surface area (Å²) >= 11 is 0. The Kier molecular flexibility index (Phi) is 3.02. The molecule has 2 heterocycles. The molecule has 0 amide bonds. The van der Waals surface area contributed by atoms with Crippen LogP contribution in [0, 0.1) is 11.8 Å². The number of hydrogen-bond acceptors (Lipinski definition) is 6. The fourth-order valence-corrected chi connectivity index (χ4v) is 3.79. The van der Waals surface area contributed by atoms with E-state index in [1.54, 1.807) is 0 Å². The van der Waals surface area contributed by atoms with Crippen LogP contribution in [-0.2, 0) is 29.6 Å². The molecule has 0 bridgehead atoms. The Morgan fingerprint density at radius 3 is 1.44 bits per heavy atom. The molecular formula is C12H18O6. The van der Waals surface area contributed by atoms with Gasteiger partial charge in [0.25, 0.3) is 0 Å². The minimum atomic E-state index is 0.110. The largest absolute Gasteiger partial charge is 0.200 e. The summed E-state index contributed by atoms with van der Waals surface area (Å²) in [6, 6.07) is 0. The molecule has 0 spiro atoms. The minimum Gasteiger partial charge on any atom is -0.200 e. The molecule has 0 N–H and O–H groups in total. The summed E-state index contributed by atoms with van der Waals surface area (Å²) in [5.74, 6) is 1.34. The van der Waals surface area contributed by atoms with E-state index in [9.17, 15) is 0 Å². The zero-order valence-corrected chi connectivity index (χ0v) is 10.2. The van der Waals surface area contributed by atoms with Crippen LogP contribution in [-0.4, -0.2) is 24.4 Å². The highest BCUT2D eigenvalue weighted by Crippen LogP contribution is 2.43. The third-order valence-electron chi connectivity index (χ3n) is 4.86. The smallest absolute Gasteiger partial charge is 0.126 e. The summed E-state index contributed by atoms with van der Waals surface area (Å²) in [6.07, 6.45) is 6.93. The van der Waals surface area contributed by atoms with Gasteiger partial charge in [-0.3, -0.25) is 0 Å². The van der Waals surface area contributed by atoms with Gasteiger partial charge in [0.1, 0.15) is 24.4 Å². The van der Waals surface area contributed by atoms with Crippen molar-refractivity contribution in [2.45, 2.75) is 62.9 Å². The maximum atomic E-state index is 5.16. The molecular weight excluding hydrogens is 240 g/mol. The predicted molar refractivity (Wildman–Crippen MR) is 56.3 cm³/mol. The minimum absolute atomic E-state index is 0.110. The Balaban J connectivity index is 1.38.